The lowest BCUT2D eigenvalue weighted by Crippen LogP contribution is -2.31. The van der Waals surface area contributed by atoms with E-state index in [2.05, 4.69) is 4.98 Å². The number of amides is 1. The van der Waals surface area contributed by atoms with Gasteiger partial charge in [-0.3, -0.25) is 9.59 Å². The Labute approximate surface area is 117 Å². The molecule has 1 aromatic carbocycles. The third kappa shape index (κ3) is 3.05. The molecule has 5 nitrogen and oxygen atoms in total. The molecule has 1 heterocycles. The second kappa shape index (κ2) is 5.88. The second-order valence-electron chi connectivity index (χ2n) is 4.90. The highest BCUT2D eigenvalue weighted by molar-refractivity contribution is 5.80. The van der Waals surface area contributed by atoms with Crippen molar-refractivity contribution in [2.24, 2.45) is 0 Å². The number of nitrogens with one attached hydrogen (secondary N) is 1. The van der Waals surface area contributed by atoms with E-state index in [1.54, 1.807) is 7.05 Å². The number of likely N-dealkylation sites (N-methyl/N-ethyl adjacent to an activating group) is 1. The van der Waals surface area contributed by atoms with E-state index in [1.165, 1.54) is 12.0 Å². The van der Waals surface area contributed by atoms with Crippen LogP contribution in [0, 0.1) is 6.92 Å². The molecule has 0 aliphatic rings. The molecule has 2 rings (SSSR count). The molecule has 1 N–H and O–H groups in total. The molecule has 1 aromatic heterocycles. The van der Waals surface area contributed by atoms with Crippen LogP contribution in [0.3, 0.4) is 0 Å². The zero-order valence-electron chi connectivity index (χ0n) is 11.9. The lowest BCUT2D eigenvalue weighted by atomic mass is 10.1. The van der Waals surface area contributed by atoms with Crippen molar-refractivity contribution < 1.29 is 9.53 Å². The van der Waals surface area contributed by atoms with Gasteiger partial charge in [-0.15, -0.1) is 0 Å². The highest BCUT2D eigenvalue weighted by atomic mass is 16.5. The van der Waals surface area contributed by atoms with E-state index in [9.17, 15) is 9.59 Å². The summed E-state index contributed by atoms with van der Waals surface area (Å²) in [6, 6.07) is 7.70. The van der Waals surface area contributed by atoms with Crippen LogP contribution in [0.2, 0.25) is 0 Å². The number of benzene rings is 1. The number of pyridine rings is 1. The third-order valence-corrected chi connectivity index (χ3v) is 3.18. The first-order valence-electron chi connectivity index (χ1n) is 6.36. The maximum Gasteiger partial charge on any atom is 0.253 e. The van der Waals surface area contributed by atoms with Gasteiger partial charge in [-0.25, -0.2) is 0 Å². The van der Waals surface area contributed by atoms with Crippen molar-refractivity contribution >= 4 is 16.8 Å². The molecule has 0 fully saturated rings. The lowest BCUT2D eigenvalue weighted by Gasteiger charge is -2.16. The molecular weight excluding hydrogens is 256 g/mol. The number of rotatable bonds is 4. The molecule has 0 aliphatic carbocycles. The number of H-pyrrole nitrogens is 1. The van der Waals surface area contributed by atoms with Gasteiger partial charge in [0, 0.05) is 25.2 Å². The number of nitrogens with zero attached hydrogens (tertiary/aromatic N) is 1. The first kappa shape index (κ1) is 14.3. The summed E-state index contributed by atoms with van der Waals surface area (Å²) in [5.41, 5.74) is 2.30. The molecule has 20 heavy (non-hydrogen) atoms. The predicted molar refractivity (Wildman–Crippen MR) is 77.7 cm³/mol. The summed E-state index contributed by atoms with van der Waals surface area (Å²) in [6.07, 6.45) is 0. The minimum Gasteiger partial charge on any atom is -0.375 e. The molecular formula is C15H18N2O3. The summed E-state index contributed by atoms with van der Waals surface area (Å²) in [5, 5.41) is 0.956. The second-order valence-corrected chi connectivity index (χ2v) is 4.90. The van der Waals surface area contributed by atoms with Gasteiger partial charge in [-0.2, -0.15) is 0 Å². The van der Waals surface area contributed by atoms with Gasteiger partial charge in [0.25, 0.3) is 5.56 Å². The summed E-state index contributed by atoms with van der Waals surface area (Å²) in [7, 11) is 3.12. The quantitative estimate of drug-likeness (QED) is 0.917. The standard InChI is InChI=1S/C15H18N2O3/c1-10-4-5-11-7-12(15(19)16-13(11)6-10)8-17(2)14(18)9-20-3/h4-7H,8-9H2,1-3H3,(H,16,19). The summed E-state index contributed by atoms with van der Waals surface area (Å²) in [6.45, 7) is 2.26. The highest BCUT2D eigenvalue weighted by Gasteiger charge is 2.11. The van der Waals surface area contributed by atoms with Crippen LogP contribution in [0.15, 0.2) is 29.1 Å². The van der Waals surface area contributed by atoms with Crippen LogP contribution < -0.4 is 5.56 Å². The van der Waals surface area contributed by atoms with E-state index < -0.39 is 0 Å². The maximum absolute atomic E-state index is 12.0. The smallest absolute Gasteiger partial charge is 0.253 e. The van der Waals surface area contributed by atoms with E-state index in [0.29, 0.717) is 5.56 Å². The van der Waals surface area contributed by atoms with Crippen molar-refractivity contribution in [1.29, 1.82) is 0 Å². The van der Waals surface area contributed by atoms with Gasteiger partial charge in [0.05, 0.1) is 6.54 Å². The van der Waals surface area contributed by atoms with Crippen LogP contribution in [-0.2, 0) is 16.1 Å². The fourth-order valence-corrected chi connectivity index (χ4v) is 2.05. The van der Waals surface area contributed by atoms with Crippen molar-refractivity contribution in [3.63, 3.8) is 0 Å². The van der Waals surface area contributed by atoms with Gasteiger partial charge in [-0.05, 0) is 30.0 Å². The SMILES string of the molecule is COCC(=O)N(C)Cc1cc2ccc(C)cc2[nH]c1=O. The number of ether oxygens (including phenoxy) is 1. The molecule has 0 bridgehead atoms. The first-order valence-corrected chi connectivity index (χ1v) is 6.36. The molecule has 106 valence electrons. The van der Waals surface area contributed by atoms with E-state index in [1.807, 2.05) is 31.2 Å². The van der Waals surface area contributed by atoms with Gasteiger partial charge < -0.3 is 14.6 Å². The van der Waals surface area contributed by atoms with Crippen LogP contribution in [0.1, 0.15) is 11.1 Å². The molecule has 0 saturated carbocycles. The number of aromatic nitrogens is 1. The monoisotopic (exact) mass is 274 g/mol. The fourth-order valence-electron chi connectivity index (χ4n) is 2.05. The van der Waals surface area contributed by atoms with Crippen LogP contribution in [0.5, 0.6) is 0 Å². The minimum atomic E-state index is -0.167. The van der Waals surface area contributed by atoms with Gasteiger partial charge >= 0.3 is 0 Å². The van der Waals surface area contributed by atoms with E-state index in [0.717, 1.165) is 16.5 Å². The van der Waals surface area contributed by atoms with Crippen molar-refractivity contribution in [3.8, 4) is 0 Å². The Balaban J connectivity index is 2.31. The average Bonchev–Trinajstić information content (AvgIpc) is 2.40. The normalized spacial score (nSPS) is 10.8. The van der Waals surface area contributed by atoms with Crippen LogP contribution in [0.25, 0.3) is 10.9 Å². The molecule has 0 spiro atoms. The van der Waals surface area contributed by atoms with Crippen LogP contribution in [0.4, 0.5) is 0 Å². The lowest BCUT2D eigenvalue weighted by molar-refractivity contribution is -0.134. The van der Waals surface area contributed by atoms with Crippen molar-refractivity contribution in [3.05, 3.63) is 45.7 Å². The Morgan fingerprint density at radius 3 is 2.80 bits per heavy atom. The third-order valence-electron chi connectivity index (χ3n) is 3.18. The Morgan fingerprint density at radius 2 is 2.10 bits per heavy atom. The number of hydrogen-bond donors (Lipinski definition) is 1. The average molecular weight is 274 g/mol. The molecule has 0 radical (unpaired) electrons. The summed E-state index contributed by atoms with van der Waals surface area (Å²) in [5.74, 6) is -0.157. The largest absolute Gasteiger partial charge is 0.375 e. The number of carbonyl (C=O) groups is 1. The van der Waals surface area contributed by atoms with E-state index >= 15 is 0 Å². The van der Waals surface area contributed by atoms with Crippen LogP contribution >= 0.6 is 0 Å². The molecule has 0 atom stereocenters. The molecule has 0 unspecified atom stereocenters. The fraction of sp³-hybridized carbons (Fsp3) is 0.333. The Morgan fingerprint density at radius 1 is 1.35 bits per heavy atom. The number of aryl methyl sites for hydroxylation is 1. The van der Waals surface area contributed by atoms with Crippen LogP contribution in [-0.4, -0.2) is 36.6 Å². The van der Waals surface area contributed by atoms with E-state index in [4.69, 9.17) is 4.74 Å². The Hall–Kier alpha value is -2.14. The Bertz CT molecular complexity index is 691. The first-order chi connectivity index (χ1) is 9.51. The molecule has 5 heteroatoms. The van der Waals surface area contributed by atoms with Crippen molar-refractivity contribution in [2.45, 2.75) is 13.5 Å². The molecule has 2 aromatic rings. The zero-order valence-corrected chi connectivity index (χ0v) is 11.9. The molecule has 1 amide bonds. The number of fused-ring (bicyclic) bond motifs is 1. The number of hydrogen-bond acceptors (Lipinski definition) is 3. The van der Waals surface area contributed by atoms with Crippen molar-refractivity contribution in [2.75, 3.05) is 20.8 Å². The zero-order chi connectivity index (χ0) is 14.7. The number of aromatic amines is 1. The van der Waals surface area contributed by atoms with Gasteiger partial charge in [0.15, 0.2) is 0 Å². The number of methoxy groups -OCH3 is 1. The molecule has 0 saturated heterocycles. The van der Waals surface area contributed by atoms with Crippen molar-refractivity contribution in [1.82, 2.24) is 9.88 Å². The van der Waals surface area contributed by atoms with E-state index in [-0.39, 0.29) is 24.6 Å². The summed E-state index contributed by atoms with van der Waals surface area (Å²) < 4.78 is 4.80. The molecule has 0 aliphatic heterocycles. The summed E-state index contributed by atoms with van der Waals surface area (Å²) in [4.78, 5) is 28.0. The Kier molecular flexibility index (Phi) is 4.20. The highest BCUT2D eigenvalue weighted by Crippen LogP contribution is 2.13. The van der Waals surface area contributed by atoms with Gasteiger partial charge in [-0.1, -0.05) is 12.1 Å². The summed E-state index contributed by atoms with van der Waals surface area (Å²) >= 11 is 0. The minimum absolute atomic E-state index is 0.0151. The topological polar surface area (TPSA) is 62.4 Å². The predicted octanol–water partition coefficient (Wildman–Crippen LogP) is 1.44. The maximum atomic E-state index is 12.0. The van der Waals surface area contributed by atoms with Gasteiger partial charge in [0.1, 0.15) is 6.61 Å². The number of carbonyl (C=O) groups excluding carboxylic acids is 1. The van der Waals surface area contributed by atoms with Gasteiger partial charge in [0.2, 0.25) is 5.91 Å².